The van der Waals surface area contributed by atoms with Crippen molar-refractivity contribution in [3.05, 3.63) is 64.0 Å². The maximum absolute atomic E-state index is 13.2. The molecule has 0 radical (unpaired) electrons. The fourth-order valence-electron chi connectivity index (χ4n) is 1.73. The van der Waals surface area contributed by atoms with Gasteiger partial charge < -0.3 is 10.5 Å². The summed E-state index contributed by atoms with van der Waals surface area (Å²) in [4.78, 5) is 10.1. The summed E-state index contributed by atoms with van der Waals surface area (Å²) < 4.78 is 18.8. The fraction of sp³-hybridized carbons (Fsp3) is 0.143. The Morgan fingerprint density at radius 2 is 1.90 bits per heavy atom. The molecule has 2 aromatic carbocycles. The lowest BCUT2D eigenvalue weighted by Gasteiger charge is -2.13. The number of hydrogen-bond donors (Lipinski definition) is 1. The van der Waals surface area contributed by atoms with Crippen molar-refractivity contribution in [1.82, 2.24) is 0 Å². The van der Waals surface area contributed by atoms with Gasteiger partial charge in [0, 0.05) is 23.7 Å². The Balaban J connectivity index is 2.27. The first-order valence-corrected chi connectivity index (χ1v) is 5.94. The molecule has 0 aliphatic rings. The highest BCUT2D eigenvalue weighted by molar-refractivity contribution is 5.42. The number of rotatable bonds is 4. The number of nitrogens with two attached hydrogens (primary N) is 1. The number of nitro groups is 1. The van der Waals surface area contributed by atoms with Crippen molar-refractivity contribution in [3.63, 3.8) is 0 Å². The Morgan fingerprint density at radius 1 is 1.25 bits per heavy atom. The Bertz CT molecular complexity index is 627. The van der Waals surface area contributed by atoms with Crippen LogP contribution in [-0.2, 0) is 0 Å². The zero-order valence-electron chi connectivity index (χ0n) is 10.7. The third-order valence-corrected chi connectivity index (χ3v) is 2.74. The number of ether oxygens (including phenoxy) is 1. The molecular weight excluding hydrogens is 263 g/mol. The van der Waals surface area contributed by atoms with Crippen LogP contribution in [-0.4, -0.2) is 4.92 Å². The van der Waals surface area contributed by atoms with Crippen molar-refractivity contribution in [2.24, 2.45) is 5.73 Å². The molecule has 0 amide bonds. The number of nitro benzene ring substituents is 1. The number of benzene rings is 2. The van der Waals surface area contributed by atoms with E-state index in [0.29, 0.717) is 17.1 Å². The third kappa shape index (κ3) is 3.10. The average Bonchev–Trinajstić information content (AvgIpc) is 2.41. The van der Waals surface area contributed by atoms with Crippen LogP contribution in [0.2, 0.25) is 0 Å². The topological polar surface area (TPSA) is 78.4 Å². The van der Waals surface area contributed by atoms with Crippen molar-refractivity contribution >= 4 is 5.69 Å². The molecule has 0 aromatic heterocycles. The summed E-state index contributed by atoms with van der Waals surface area (Å²) in [6.45, 7) is 1.72. The second kappa shape index (κ2) is 5.66. The van der Waals surface area contributed by atoms with Crippen LogP contribution in [0.25, 0.3) is 0 Å². The Kier molecular flexibility index (Phi) is 3.95. The zero-order chi connectivity index (χ0) is 14.7. The van der Waals surface area contributed by atoms with E-state index in [1.165, 1.54) is 42.5 Å². The molecule has 0 aliphatic carbocycles. The van der Waals surface area contributed by atoms with E-state index >= 15 is 0 Å². The van der Waals surface area contributed by atoms with Gasteiger partial charge in [0.25, 0.3) is 5.69 Å². The predicted molar refractivity (Wildman–Crippen MR) is 72.2 cm³/mol. The van der Waals surface area contributed by atoms with E-state index in [2.05, 4.69) is 0 Å². The Hall–Kier alpha value is -2.47. The van der Waals surface area contributed by atoms with Crippen LogP contribution in [0.3, 0.4) is 0 Å². The number of halogens is 1. The molecule has 0 heterocycles. The van der Waals surface area contributed by atoms with E-state index in [9.17, 15) is 14.5 Å². The Labute approximate surface area is 114 Å². The molecule has 20 heavy (non-hydrogen) atoms. The molecular formula is C14H13FN2O3. The molecule has 0 spiro atoms. The van der Waals surface area contributed by atoms with Crippen molar-refractivity contribution in [1.29, 1.82) is 0 Å². The number of non-ortho nitro benzene ring substituents is 1. The van der Waals surface area contributed by atoms with Crippen LogP contribution in [0.5, 0.6) is 11.5 Å². The quantitative estimate of drug-likeness (QED) is 0.684. The van der Waals surface area contributed by atoms with Gasteiger partial charge in [0.05, 0.1) is 4.92 Å². The maximum atomic E-state index is 13.2. The first-order valence-electron chi connectivity index (χ1n) is 5.94. The second-order valence-corrected chi connectivity index (χ2v) is 4.32. The standard InChI is InChI=1S/C14H13FN2O3/c1-9(16)13-8-10(15)2-7-14(13)20-12-5-3-11(4-6-12)17(18)19/h2-9H,16H2,1H3/t9-/m0/s1. The van der Waals surface area contributed by atoms with Gasteiger partial charge in [-0.25, -0.2) is 4.39 Å². The van der Waals surface area contributed by atoms with Crippen molar-refractivity contribution in [2.75, 3.05) is 0 Å². The summed E-state index contributed by atoms with van der Waals surface area (Å²) in [5.41, 5.74) is 6.27. The van der Waals surface area contributed by atoms with E-state index < -0.39 is 16.8 Å². The highest BCUT2D eigenvalue weighted by atomic mass is 19.1. The van der Waals surface area contributed by atoms with Crippen LogP contribution in [0.1, 0.15) is 18.5 Å². The van der Waals surface area contributed by atoms with Gasteiger partial charge in [-0.15, -0.1) is 0 Å². The van der Waals surface area contributed by atoms with Gasteiger partial charge in [0.2, 0.25) is 0 Å². The van der Waals surface area contributed by atoms with Crippen molar-refractivity contribution in [2.45, 2.75) is 13.0 Å². The summed E-state index contributed by atoms with van der Waals surface area (Å²) in [7, 11) is 0. The molecule has 0 aliphatic heterocycles. The molecule has 0 bridgehead atoms. The van der Waals surface area contributed by atoms with Crippen molar-refractivity contribution < 1.29 is 14.1 Å². The number of hydrogen-bond acceptors (Lipinski definition) is 4. The van der Waals surface area contributed by atoms with Crippen LogP contribution in [0, 0.1) is 15.9 Å². The summed E-state index contributed by atoms with van der Waals surface area (Å²) >= 11 is 0. The summed E-state index contributed by atoms with van der Waals surface area (Å²) in [5.74, 6) is 0.452. The van der Waals surface area contributed by atoms with Gasteiger partial charge in [-0.3, -0.25) is 10.1 Å². The summed E-state index contributed by atoms with van der Waals surface area (Å²) in [6.07, 6.45) is 0. The van der Waals surface area contributed by atoms with Crippen LogP contribution in [0.4, 0.5) is 10.1 Å². The lowest BCUT2D eigenvalue weighted by Crippen LogP contribution is -2.07. The van der Waals surface area contributed by atoms with E-state index in [-0.39, 0.29) is 5.69 Å². The minimum absolute atomic E-state index is 0.0242. The van der Waals surface area contributed by atoms with Gasteiger partial charge >= 0.3 is 0 Å². The normalized spacial score (nSPS) is 11.9. The molecule has 2 N–H and O–H groups in total. The van der Waals surface area contributed by atoms with E-state index in [1.807, 2.05) is 0 Å². The highest BCUT2D eigenvalue weighted by Crippen LogP contribution is 2.30. The van der Waals surface area contributed by atoms with Crippen LogP contribution >= 0.6 is 0 Å². The monoisotopic (exact) mass is 276 g/mol. The second-order valence-electron chi connectivity index (χ2n) is 4.32. The lowest BCUT2D eigenvalue weighted by atomic mass is 10.1. The van der Waals surface area contributed by atoms with Gasteiger partial charge in [0.15, 0.2) is 0 Å². The first-order chi connectivity index (χ1) is 9.47. The first kappa shape index (κ1) is 14.0. The largest absolute Gasteiger partial charge is 0.457 e. The van der Waals surface area contributed by atoms with Gasteiger partial charge in [-0.2, -0.15) is 0 Å². The summed E-state index contributed by atoms with van der Waals surface area (Å²) in [5, 5.41) is 10.6. The third-order valence-electron chi connectivity index (χ3n) is 2.74. The molecule has 0 fully saturated rings. The van der Waals surface area contributed by atoms with E-state index in [1.54, 1.807) is 6.92 Å². The molecule has 5 nitrogen and oxygen atoms in total. The van der Waals surface area contributed by atoms with Gasteiger partial charge in [-0.1, -0.05) is 0 Å². The number of nitrogens with zero attached hydrogens (tertiary/aromatic N) is 1. The Morgan fingerprint density at radius 3 is 2.45 bits per heavy atom. The minimum atomic E-state index is -0.491. The van der Waals surface area contributed by atoms with Crippen LogP contribution in [0.15, 0.2) is 42.5 Å². The molecule has 2 rings (SSSR count). The van der Waals surface area contributed by atoms with Gasteiger partial charge in [-0.05, 0) is 37.3 Å². The smallest absolute Gasteiger partial charge is 0.269 e. The molecule has 6 heteroatoms. The maximum Gasteiger partial charge on any atom is 0.269 e. The minimum Gasteiger partial charge on any atom is -0.457 e. The predicted octanol–water partition coefficient (Wildman–Crippen LogP) is 3.55. The highest BCUT2D eigenvalue weighted by Gasteiger charge is 2.11. The average molecular weight is 276 g/mol. The molecule has 1 atom stereocenters. The summed E-state index contributed by atoms with van der Waals surface area (Å²) in [6, 6.07) is 9.31. The van der Waals surface area contributed by atoms with E-state index in [4.69, 9.17) is 10.5 Å². The van der Waals surface area contributed by atoms with Crippen molar-refractivity contribution in [3.8, 4) is 11.5 Å². The zero-order valence-corrected chi connectivity index (χ0v) is 10.7. The molecule has 0 unspecified atom stereocenters. The molecule has 2 aromatic rings. The fourth-order valence-corrected chi connectivity index (χ4v) is 1.73. The van der Waals surface area contributed by atoms with E-state index in [0.717, 1.165) is 0 Å². The van der Waals surface area contributed by atoms with Crippen LogP contribution < -0.4 is 10.5 Å². The lowest BCUT2D eigenvalue weighted by molar-refractivity contribution is -0.384. The molecule has 0 saturated carbocycles. The SMILES string of the molecule is C[C@H](N)c1cc(F)ccc1Oc1ccc([N+](=O)[O-])cc1. The van der Waals surface area contributed by atoms with Gasteiger partial charge in [0.1, 0.15) is 17.3 Å². The molecule has 104 valence electrons. The molecule has 0 saturated heterocycles.